The second-order valence-corrected chi connectivity index (χ2v) is 6.20. The summed E-state index contributed by atoms with van der Waals surface area (Å²) in [7, 11) is 1.72. The molecule has 1 heterocycles. The fourth-order valence-electron chi connectivity index (χ4n) is 2.90. The molecule has 1 atom stereocenters. The van der Waals surface area contributed by atoms with Crippen molar-refractivity contribution in [2.75, 3.05) is 20.1 Å². The Kier molecular flexibility index (Phi) is 6.03. The summed E-state index contributed by atoms with van der Waals surface area (Å²) in [6.07, 6.45) is 2.86. The minimum atomic E-state index is -0.749. The van der Waals surface area contributed by atoms with Gasteiger partial charge in [-0.2, -0.15) is 0 Å². The van der Waals surface area contributed by atoms with E-state index < -0.39 is 12.0 Å². The van der Waals surface area contributed by atoms with Gasteiger partial charge in [-0.1, -0.05) is 23.7 Å². The molecule has 2 N–H and O–H groups in total. The van der Waals surface area contributed by atoms with Gasteiger partial charge in [0.2, 0.25) is 0 Å². The number of hydrogen-bond acceptors (Lipinski definition) is 3. The average molecular weight is 311 g/mol. The van der Waals surface area contributed by atoms with Gasteiger partial charge in [-0.15, -0.1) is 0 Å². The predicted octanol–water partition coefficient (Wildman–Crippen LogP) is 2.61. The number of piperidine rings is 1. The molecule has 0 bridgehead atoms. The van der Waals surface area contributed by atoms with Crippen molar-refractivity contribution in [2.24, 2.45) is 5.92 Å². The Morgan fingerprint density at radius 2 is 2.00 bits per heavy atom. The standard InChI is InChI=1S/C16H23ClN2O2/c1-18-15(16(20)21)10-12-6-8-19(9-7-12)11-13-2-4-14(17)5-3-13/h2-5,12,15,18H,6-11H2,1H3,(H,20,21). The quantitative estimate of drug-likeness (QED) is 0.848. The zero-order chi connectivity index (χ0) is 15.2. The predicted molar refractivity (Wildman–Crippen MR) is 84.6 cm³/mol. The van der Waals surface area contributed by atoms with Gasteiger partial charge in [0, 0.05) is 11.6 Å². The number of likely N-dealkylation sites (tertiary alicyclic amines) is 1. The van der Waals surface area contributed by atoms with Crippen LogP contribution in [0.1, 0.15) is 24.8 Å². The van der Waals surface area contributed by atoms with Crippen LogP contribution in [-0.2, 0) is 11.3 Å². The van der Waals surface area contributed by atoms with Gasteiger partial charge in [0.05, 0.1) is 0 Å². The molecule has 0 aliphatic carbocycles. The van der Waals surface area contributed by atoms with E-state index in [0.29, 0.717) is 5.92 Å². The van der Waals surface area contributed by atoms with E-state index in [1.807, 2.05) is 12.1 Å². The highest BCUT2D eigenvalue weighted by atomic mass is 35.5. The fourth-order valence-corrected chi connectivity index (χ4v) is 3.03. The van der Waals surface area contributed by atoms with Crippen molar-refractivity contribution in [3.8, 4) is 0 Å². The van der Waals surface area contributed by atoms with Crippen LogP contribution in [0.2, 0.25) is 5.02 Å². The van der Waals surface area contributed by atoms with Crippen LogP contribution in [0.3, 0.4) is 0 Å². The van der Waals surface area contributed by atoms with Crippen LogP contribution in [0.15, 0.2) is 24.3 Å². The summed E-state index contributed by atoms with van der Waals surface area (Å²) in [6, 6.07) is 7.56. The van der Waals surface area contributed by atoms with Gasteiger partial charge in [0.25, 0.3) is 0 Å². The van der Waals surface area contributed by atoms with Crippen molar-refractivity contribution in [1.82, 2.24) is 10.2 Å². The van der Waals surface area contributed by atoms with Crippen LogP contribution < -0.4 is 5.32 Å². The molecule has 4 nitrogen and oxygen atoms in total. The molecule has 1 aliphatic rings. The van der Waals surface area contributed by atoms with Crippen LogP contribution in [0, 0.1) is 5.92 Å². The molecule has 5 heteroatoms. The number of carboxylic acid groups (broad SMARTS) is 1. The lowest BCUT2D eigenvalue weighted by molar-refractivity contribution is -0.139. The topological polar surface area (TPSA) is 52.6 Å². The van der Waals surface area contributed by atoms with Crippen LogP contribution in [0.25, 0.3) is 0 Å². The number of likely N-dealkylation sites (N-methyl/N-ethyl adjacent to an activating group) is 1. The molecule has 1 saturated heterocycles. The molecule has 0 radical (unpaired) electrons. The maximum Gasteiger partial charge on any atom is 0.320 e. The first kappa shape index (κ1) is 16.3. The van der Waals surface area contributed by atoms with Crippen LogP contribution in [0.4, 0.5) is 0 Å². The number of benzene rings is 1. The Balaban J connectivity index is 1.77. The maximum absolute atomic E-state index is 11.1. The number of carbonyl (C=O) groups is 1. The van der Waals surface area contributed by atoms with Gasteiger partial charge in [-0.25, -0.2) is 0 Å². The Hall–Kier alpha value is -1.10. The van der Waals surface area contributed by atoms with E-state index in [1.165, 1.54) is 5.56 Å². The lowest BCUT2D eigenvalue weighted by Gasteiger charge is -2.33. The third-order valence-corrected chi connectivity index (χ3v) is 4.49. The van der Waals surface area contributed by atoms with E-state index in [-0.39, 0.29) is 0 Å². The molecule has 0 aromatic heterocycles. The molecule has 1 unspecified atom stereocenters. The Labute approximate surface area is 131 Å². The Morgan fingerprint density at radius 3 is 2.52 bits per heavy atom. The SMILES string of the molecule is CNC(CC1CCN(Cc2ccc(Cl)cc2)CC1)C(=O)O. The molecule has 0 spiro atoms. The Bertz CT molecular complexity index is 456. The molecule has 0 amide bonds. The number of hydrogen-bond donors (Lipinski definition) is 2. The van der Waals surface area contributed by atoms with Crippen molar-refractivity contribution >= 4 is 17.6 Å². The fraction of sp³-hybridized carbons (Fsp3) is 0.562. The zero-order valence-electron chi connectivity index (χ0n) is 12.4. The summed E-state index contributed by atoms with van der Waals surface area (Å²) in [6.45, 7) is 3.00. The monoisotopic (exact) mass is 310 g/mol. The molecular weight excluding hydrogens is 288 g/mol. The van der Waals surface area contributed by atoms with Gasteiger partial charge in [-0.05, 0) is 63.0 Å². The van der Waals surface area contributed by atoms with Gasteiger partial charge < -0.3 is 10.4 Å². The highest BCUT2D eigenvalue weighted by molar-refractivity contribution is 6.30. The zero-order valence-corrected chi connectivity index (χ0v) is 13.1. The largest absolute Gasteiger partial charge is 0.480 e. The third kappa shape index (κ3) is 4.99. The summed E-state index contributed by atoms with van der Waals surface area (Å²) in [5.41, 5.74) is 1.27. The summed E-state index contributed by atoms with van der Waals surface area (Å²) in [5.74, 6) is -0.249. The van der Waals surface area contributed by atoms with Crippen LogP contribution in [0.5, 0.6) is 0 Å². The average Bonchev–Trinajstić information content (AvgIpc) is 2.48. The summed E-state index contributed by atoms with van der Waals surface area (Å²) < 4.78 is 0. The first-order chi connectivity index (χ1) is 10.1. The first-order valence-corrected chi connectivity index (χ1v) is 7.83. The molecule has 1 aliphatic heterocycles. The molecule has 116 valence electrons. The van der Waals surface area contributed by atoms with Crippen LogP contribution >= 0.6 is 11.6 Å². The van der Waals surface area contributed by atoms with Gasteiger partial charge >= 0.3 is 5.97 Å². The molecular formula is C16H23ClN2O2. The van der Waals surface area contributed by atoms with Crippen molar-refractivity contribution < 1.29 is 9.90 Å². The number of rotatable bonds is 6. The van der Waals surface area contributed by atoms with E-state index in [9.17, 15) is 4.79 Å². The highest BCUT2D eigenvalue weighted by Gasteiger charge is 2.24. The number of aliphatic carboxylic acids is 1. The first-order valence-electron chi connectivity index (χ1n) is 7.45. The molecule has 0 saturated carbocycles. The van der Waals surface area contributed by atoms with Crippen molar-refractivity contribution in [2.45, 2.75) is 31.8 Å². The van der Waals surface area contributed by atoms with E-state index >= 15 is 0 Å². The van der Waals surface area contributed by atoms with E-state index in [2.05, 4.69) is 22.3 Å². The lowest BCUT2D eigenvalue weighted by Crippen LogP contribution is -2.39. The summed E-state index contributed by atoms with van der Waals surface area (Å²) in [5, 5.41) is 12.7. The highest BCUT2D eigenvalue weighted by Crippen LogP contribution is 2.23. The molecule has 1 aromatic rings. The van der Waals surface area contributed by atoms with E-state index in [0.717, 1.165) is 43.9 Å². The molecule has 1 fully saturated rings. The van der Waals surface area contributed by atoms with Crippen LogP contribution in [-0.4, -0.2) is 42.2 Å². The number of carboxylic acids is 1. The summed E-state index contributed by atoms with van der Waals surface area (Å²) >= 11 is 5.89. The van der Waals surface area contributed by atoms with E-state index in [4.69, 9.17) is 16.7 Å². The minimum absolute atomic E-state index is 0.419. The van der Waals surface area contributed by atoms with Gasteiger partial charge in [0.1, 0.15) is 6.04 Å². The number of halogens is 1. The molecule has 2 rings (SSSR count). The second kappa shape index (κ2) is 7.78. The van der Waals surface area contributed by atoms with Crippen molar-refractivity contribution in [3.05, 3.63) is 34.9 Å². The normalized spacial score (nSPS) is 18.6. The lowest BCUT2D eigenvalue weighted by atomic mass is 9.90. The van der Waals surface area contributed by atoms with Gasteiger partial charge in [0.15, 0.2) is 0 Å². The third-order valence-electron chi connectivity index (χ3n) is 4.24. The second-order valence-electron chi connectivity index (χ2n) is 5.76. The molecule has 1 aromatic carbocycles. The molecule has 21 heavy (non-hydrogen) atoms. The van der Waals surface area contributed by atoms with Gasteiger partial charge in [-0.3, -0.25) is 9.69 Å². The van der Waals surface area contributed by atoms with Crippen molar-refractivity contribution in [3.63, 3.8) is 0 Å². The van der Waals surface area contributed by atoms with Crippen molar-refractivity contribution in [1.29, 1.82) is 0 Å². The minimum Gasteiger partial charge on any atom is -0.480 e. The number of nitrogens with zero attached hydrogens (tertiary/aromatic N) is 1. The maximum atomic E-state index is 11.1. The smallest absolute Gasteiger partial charge is 0.320 e. The number of nitrogens with one attached hydrogen (secondary N) is 1. The Morgan fingerprint density at radius 1 is 1.38 bits per heavy atom. The summed E-state index contributed by atoms with van der Waals surface area (Å²) in [4.78, 5) is 13.5. The van der Waals surface area contributed by atoms with E-state index in [1.54, 1.807) is 7.05 Å².